The van der Waals surface area contributed by atoms with Crippen molar-refractivity contribution in [1.29, 1.82) is 0 Å². The monoisotopic (exact) mass is 389 g/mol. The summed E-state index contributed by atoms with van der Waals surface area (Å²) in [6.07, 6.45) is 6.99. The SMILES string of the molecule is O=C(O)C1CCC[C@H](Nc2nc(-c3c[nH]c4ncc(Cl)cc34)ncc2F)C1. The van der Waals surface area contributed by atoms with Gasteiger partial charge in [0.1, 0.15) is 5.65 Å². The lowest BCUT2D eigenvalue weighted by atomic mass is 9.86. The first kappa shape index (κ1) is 17.7. The van der Waals surface area contributed by atoms with Gasteiger partial charge in [0.25, 0.3) is 0 Å². The zero-order valence-electron chi connectivity index (χ0n) is 14.2. The van der Waals surface area contributed by atoms with E-state index in [-0.39, 0.29) is 11.9 Å². The Morgan fingerprint density at radius 3 is 3.00 bits per heavy atom. The van der Waals surface area contributed by atoms with Crippen LogP contribution in [0.15, 0.2) is 24.7 Å². The predicted molar refractivity (Wildman–Crippen MR) is 99.1 cm³/mol. The zero-order valence-corrected chi connectivity index (χ0v) is 15.0. The van der Waals surface area contributed by atoms with Gasteiger partial charge in [-0.1, -0.05) is 18.0 Å². The fourth-order valence-corrected chi connectivity index (χ4v) is 3.66. The summed E-state index contributed by atoms with van der Waals surface area (Å²) < 4.78 is 14.3. The van der Waals surface area contributed by atoms with Crippen LogP contribution < -0.4 is 5.32 Å². The van der Waals surface area contributed by atoms with Gasteiger partial charge >= 0.3 is 5.97 Å². The Morgan fingerprint density at radius 2 is 2.19 bits per heavy atom. The molecule has 0 saturated heterocycles. The van der Waals surface area contributed by atoms with Crippen molar-refractivity contribution in [2.75, 3.05) is 5.32 Å². The van der Waals surface area contributed by atoms with Crippen molar-refractivity contribution in [3.05, 3.63) is 35.5 Å². The van der Waals surface area contributed by atoms with E-state index in [1.165, 1.54) is 6.20 Å². The fourth-order valence-electron chi connectivity index (χ4n) is 3.50. The summed E-state index contributed by atoms with van der Waals surface area (Å²) in [4.78, 5) is 26.9. The van der Waals surface area contributed by atoms with Crippen LogP contribution in [0.25, 0.3) is 22.4 Å². The highest BCUT2D eigenvalue weighted by molar-refractivity contribution is 6.31. The molecule has 0 spiro atoms. The molecular formula is C18H17ClFN5O2. The van der Waals surface area contributed by atoms with E-state index in [1.807, 2.05) is 0 Å². The summed E-state index contributed by atoms with van der Waals surface area (Å²) in [5, 5.41) is 13.5. The second kappa shape index (κ2) is 7.11. The molecule has 0 amide bonds. The van der Waals surface area contributed by atoms with Crippen LogP contribution in [0.2, 0.25) is 5.02 Å². The molecule has 1 fully saturated rings. The van der Waals surface area contributed by atoms with Gasteiger partial charge in [-0.05, 0) is 25.3 Å². The van der Waals surface area contributed by atoms with Crippen LogP contribution in [-0.4, -0.2) is 37.1 Å². The number of aromatic nitrogens is 4. The van der Waals surface area contributed by atoms with Crippen LogP contribution in [0, 0.1) is 11.7 Å². The summed E-state index contributed by atoms with van der Waals surface area (Å²) in [7, 11) is 0. The highest BCUT2D eigenvalue weighted by Crippen LogP contribution is 2.30. The van der Waals surface area contributed by atoms with E-state index in [1.54, 1.807) is 12.3 Å². The Balaban J connectivity index is 1.63. The number of anilines is 1. The van der Waals surface area contributed by atoms with Gasteiger partial charge in [-0.25, -0.2) is 19.3 Å². The van der Waals surface area contributed by atoms with Crippen LogP contribution in [0.1, 0.15) is 25.7 Å². The van der Waals surface area contributed by atoms with Gasteiger partial charge in [0, 0.05) is 29.4 Å². The number of hydrogen-bond donors (Lipinski definition) is 3. The lowest BCUT2D eigenvalue weighted by Crippen LogP contribution is -2.31. The lowest BCUT2D eigenvalue weighted by Gasteiger charge is -2.27. The van der Waals surface area contributed by atoms with E-state index in [0.29, 0.717) is 34.9 Å². The van der Waals surface area contributed by atoms with E-state index >= 15 is 0 Å². The first-order valence-corrected chi connectivity index (χ1v) is 9.04. The average molecular weight is 390 g/mol. The highest BCUT2D eigenvalue weighted by Gasteiger charge is 2.27. The van der Waals surface area contributed by atoms with Gasteiger partial charge in [-0.3, -0.25) is 4.79 Å². The van der Waals surface area contributed by atoms with Crippen molar-refractivity contribution in [2.45, 2.75) is 31.7 Å². The normalized spacial score (nSPS) is 19.9. The van der Waals surface area contributed by atoms with Gasteiger partial charge in [0.05, 0.1) is 17.1 Å². The number of carbonyl (C=O) groups is 1. The molecule has 0 aliphatic heterocycles. The Bertz CT molecular complexity index is 1010. The summed E-state index contributed by atoms with van der Waals surface area (Å²) in [6.45, 7) is 0. The van der Waals surface area contributed by atoms with Crippen LogP contribution in [0.5, 0.6) is 0 Å². The van der Waals surface area contributed by atoms with Crippen molar-refractivity contribution in [1.82, 2.24) is 19.9 Å². The third-order valence-corrected chi connectivity index (χ3v) is 5.05. The second-order valence-electron chi connectivity index (χ2n) is 6.69. The molecule has 7 nitrogen and oxygen atoms in total. The molecule has 27 heavy (non-hydrogen) atoms. The molecule has 0 radical (unpaired) electrons. The van der Waals surface area contributed by atoms with E-state index in [0.717, 1.165) is 24.4 Å². The summed E-state index contributed by atoms with van der Waals surface area (Å²) in [5.41, 5.74) is 1.29. The van der Waals surface area contributed by atoms with Gasteiger partial charge in [-0.2, -0.15) is 0 Å². The van der Waals surface area contributed by atoms with Crippen LogP contribution >= 0.6 is 11.6 Å². The minimum atomic E-state index is -0.812. The van der Waals surface area contributed by atoms with E-state index in [4.69, 9.17) is 11.6 Å². The van der Waals surface area contributed by atoms with E-state index < -0.39 is 17.7 Å². The molecule has 0 bridgehead atoms. The summed E-state index contributed by atoms with van der Waals surface area (Å²) in [5.74, 6) is -1.40. The predicted octanol–water partition coefficient (Wildman–Crippen LogP) is 3.87. The van der Waals surface area contributed by atoms with E-state index in [2.05, 4.69) is 25.3 Å². The maximum Gasteiger partial charge on any atom is 0.306 e. The zero-order chi connectivity index (χ0) is 19.0. The second-order valence-corrected chi connectivity index (χ2v) is 7.12. The number of nitrogens with one attached hydrogen (secondary N) is 2. The van der Waals surface area contributed by atoms with Crippen molar-refractivity contribution < 1.29 is 14.3 Å². The standard InChI is InChI=1S/C18H17ClFN5O2/c19-10-5-12-13(7-22-15(12)21-6-10)16-23-8-14(20)17(25-16)24-11-3-1-2-9(4-11)18(26)27/h5-9,11H,1-4H2,(H,21,22)(H,26,27)(H,23,24,25)/t9?,11-/m0/s1. The molecule has 9 heteroatoms. The molecule has 4 rings (SSSR count). The molecular weight excluding hydrogens is 373 g/mol. The molecule has 3 aromatic rings. The topological polar surface area (TPSA) is 104 Å². The van der Waals surface area contributed by atoms with E-state index in [9.17, 15) is 14.3 Å². The van der Waals surface area contributed by atoms with Gasteiger partial charge in [0.2, 0.25) is 0 Å². The third kappa shape index (κ3) is 3.57. The molecule has 140 valence electrons. The fraction of sp³-hybridized carbons (Fsp3) is 0.333. The number of H-pyrrole nitrogens is 1. The van der Waals surface area contributed by atoms with Crippen LogP contribution in [-0.2, 0) is 4.79 Å². The number of rotatable bonds is 4. The van der Waals surface area contributed by atoms with Gasteiger partial charge < -0.3 is 15.4 Å². The van der Waals surface area contributed by atoms with Crippen molar-refractivity contribution in [3.63, 3.8) is 0 Å². The lowest BCUT2D eigenvalue weighted by molar-refractivity contribution is -0.142. The molecule has 1 aliphatic carbocycles. The van der Waals surface area contributed by atoms with Crippen LogP contribution in [0.3, 0.4) is 0 Å². The number of carboxylic acids is 1. The maximum atomic E-state index is 14.3. The molecule has 3 N–H and O–H groups in total. The number of hydrogen-bond acceptors (Lipinski definition) is 5. The molecule has 1 saturated carbocycles. The number of aromatic amines is 1. The number of carboxylic acid groups (broad SMARTS) is 1. The average Bonchev–Trinajstić information content (AvgIpc) is 3.07. The number of nitrogens with zero attached hydrogens (tertiary/aromatic N) is 3. The first-order chi connectivity index (χ1) is 13.0. The quantitative estimate of drug-likeness (QED) is 0.625. The number of halogens is 2. The maximum absolute atomic E-state index is 14.3. The van der Waals surface area contributed by atoms with Crippen LogP contribution in [0.4, 0.5) is 10.2 Å². The number of pyridine rings is 1. The Labute approximate surface area is 159 Å². The van der Waals surface area contributed by atoms with Crippen molar-refractivity contribution in [3.8, 4) is 11.4 Å². The highest BCUT2D eigenvalue weighted by atomic mass is 35.5. The molecule has 3 heterocycles. The number of aliphatic carboxylic acids is 1. The molecule has 1 unspecified atom stereocenters. The summed E-state index contributed by atoms with van der Waals surface area (Å²) in [6, 6.07) is 1.60. The third-order valence-electron chi connectivity index (χ3n) is 4.85. The Morgan fingerprint density at radius 1 is 1.33 bits per heavy atom. The minimum Gasteiger partial charge on any atom is -0.481 e. The smallest absolute Gasteiger partial charge is 0.306 e. The molecule has 1 aliphatic rings. The van der Waals surface area contributed by atoms with Crippen molar-refractivity contribution in [2.24, 2.45) is 5.92 Å². The summed E-state index contributed by atoms with van der Waals surface area (Å²) >= 11 is 6.02. The Kier molecular flexibility index (Phi) is 4.65. The minimum absolute atomic E-state index is 0.0698. The number of fused-ring (bicyclic) bond motifs is 1. The van der Waals surface area contributed by atoms with Gasteiger partial charge in [-0.15, -0.1) is 0 Å². The molecule has 0 aromatic carbocycles. The Hall–Kier alpha value is -2.74. The van der Waals surface area contributed by atoms with Gasteiger partial charge in [0.15, 0.2) is 17.5 Å². The molecule has 2 atom stereocenters. The molecule has 3 aromatic heterocycles. The van der Waals surface area contributed by atoms with Crippen molar-refractivity contribution >= 4 is 34.4 Å². The first-order valence-electron chi connectivity index (χ1n) is 8.66. The largest absolute Gasteiger partial charge is 0.481 e.